The highest BCUT2D eigenvalue weighted by Crippen LogP contribution is 2.27. The first-order valence-corrected chi connectivity index (χ1v) is 8.86. The molecule has 0 unspecified atom stereocenters. The smallest absolute Gasteiger partial charge is 0.303 e. The first kappa shape index (κ1) is 19.6. The topological polar surface area (TPSA) is 95.5 Å². The van der Waals surface area contributed by atoms with Gasteiger partial charge >= 0.3 is 5.97 Å². The Hall–Kier alpha value is -2.74. The summed E-state index contributed by atoms with van der Waals surface area (Å²) in [5.41, 5.74) is 0.910. The Morgan fingerprint density at radius 2 is 1.92 bits per heavy atom. The van der Waals surface area contributed by atoms with Gasteiger partial charge in [-0.2, -0.15) is 0 Å². The summed E-state index contributed by atoms with van der Waals surface area (Å²) in [6.07, 6.45) is 1.14. The van der Waals surface area contributed by atoms with Crippen LogP contribution < -0.4 is 10.6 Å². The first-order valence-electron chi connectivity index (χ1n) is 8.04. The van der Waals surface area contributed by atoms with Crippen molar-refractivity contribution in [1.29, 1.82) is 0 Å². The average molecular weight is 378 g/mol. The van der Waals surface area contributed by atoms with E-state index < -0.39 is 17.7 Å². The van der Waals surface area contributed by atoms with Gasteiger partial charge in [0.15, 0.2) is 0 Å². The van der Waals surface area contributed by atoms with Gasteiger partial charge in [0, 0.05) is 18.5 Å². The number of hydrogen-bond donors (Lipinski definition) is 3. The van der Waals surface area contributed by atoms with Crippen LogP contribution in [-0.2, 0) is 4.79 Å². The molecule has 0 saturated carbocycles. The second-order valence-corrected chi connectivity index (χ2v) is 6.75. The van der Waals surface area contributed by atoms with Crippen LogP contribution in [0.2, 0.25) is 0 Å². The fourth-order valence-corrected chi connectivity index (χ4v) is 3.25. The summed E-state index contributed by atoms with van der Waals surface area (Å²) in [5.74, 6) is -2.08. The van der Waals surface area contributed by atoms with Crippen molar-refractivity contribution in [3.63, 3.8) is 0 Å². The van der Waals surface area contributed by atoms with Crippen LogP contribution in [0.3, 0.4) is 0 Å². The number of halogens is 1. The van der Waals surface area contributed by atoms with Crippen molar-refractivity contribution >= 4 is 34.1 Å². The van der Waals surface area contributed by atoms with Crippen molar-refractivity contribution in [2.75, 3.05) is 11.9 Å². The van der Waals surface area contributed by atoms with E-state index in [-0.39, 0.29) is 17.9 Å². The molecule has 0 saturated heterocycles. The second kappa shape index (κ2) is 9.10. The van der Waals surface area contributed by atoms with Crippen molar-refractivity contribution in [3.05, 3.63) is 52.2 Å². The van der Waals surface area contributed by atoms with Crippen molar-refractivity contribution in [2.24, 2.45) is 0 Å². The van der Waals surface area contributed by atoms with E-state index in [4.69, 9.17) is 5.11 Å². The predicted octanol–water partition coefficient (Wildman–Crippen LogP) is 3.43. The molecule has 2 rings (SSSR count). The number of thiophene rings is 1. The van der Waals surface area contributed by atoms with Crippen LogP contribution in [0.1, 0.15) is 44.9 Å². The van der Waals surface area contributed by atoms with Crippen molar-refractivity contribution < 1.29 is 23.9 Å². The molecule has 6 nitrogen and oxygen atoms in total. The van der Waals surface area contributed by atoms with E-state index in [2.05, 4.69) is 10.6 Å². The average Bonchev–Trinajstić information content (AvgIpc) is 2.94. The zero-order valence-corrected chi connectivity index (χ0v) is 15.0. The van der Waals surface area contributed by atoms with E-state index in [1.54, 1.807) is 13.0 Å². The highest BCUT2D eigenvalue weighted by Gasteiger charge is 2.15. The molecular weight excluding hydrogens is 359 g/mol. The molecule has 8 heteroatoms. The Morgan fingerprint density at radius 1 is 1.15 bits per heavy atom. The van der Waals surface area contributed by atoms with Gasteiger partial charge in [-0.05, 0) is 49.6 Å². The number of carbonyl (C=O) groups is 3. The van der Waals surface area contributed by atoms with Crippen LogP contribution in [0.5, 0.6) is 0 Å². The lowest BCUT2D eigenvalue weighted by molar-refractivity contribution is -0.137. The molecular formula is C18H19FN2O4S. The lowest BCUT2D eigenvalue weighted by Gasteiger charge is -2.04. The number of anilines is 1. The van der Waals surface area contributed by atoms with Gasteiger partial charge in [0.2, 0.25) is 0 Å². The Balaban J connectivity index is 1.92. The molecule has 1 aromatic heterocycles. The van der Waals surface area contributed by atoms with Crippen molar-refractivity contribution in [1.82, 2.24) is 5.32 Å². The third-order valence-corrected chi connectivity index (χ3v) is 4.70. The molecule has 0 aliphatic heterocycles. The number of unbranched alkanes of at least 4 members (excludes halogenated alkanes) is 1. The molecule has 1 aromatic carbocycles. The molecule has 2 amide bonds. The molecule has 3 N–H and O–H groups in total. The standard InChI is InChI=1S/C18H19FN2O4S/c1-11-9-14(21-17(24)12-5-4-6-13(19)10-12)26-16(11)18(25)20-8-3-2-7-15(22)23/h4-6,9-10H,2-3,7-8H2,1H3,(H,20,25)(H,21,24)(H,22,23). The Morgan fingerprint density at radius 3 is 2.62 bits per heavy atom. The molecule has 0 bridgehead atoms. The third-order valence-electron chi connectivity index (χ3n) is 3.55. The van der Waals surface area contributed by atoms with Crippen LogP contribution in [-0.4, -0.2) is 29.4 Å². The van der Waals surface area contributed by atoms with E-state index in [0.717, 1.165) is 17.4 Å². The van der Waals surface area contributed by atoms with Crippen LogP contribution in [0.15, 0.2) is 30.3 Å². The summed E-state index contributed by atoms with van der Waals surface area (Å²) < 4.78 is 13.2. The van der Waals surface area contributed by atoms with Gasteiger partial charge in [-0.1, -0.05) is 6.07 Å². The Labute approximate surface area is 154 Å². The largest absolute Gasteiger partial charge is 0.481 e. The molecule has 0 aliphatic carbocycles. The minimum Gasteiger partial charge on any atom is -0.481 e. The SMILES string of the molecule is Cc1cc(NC(=O)c2cccc(F)c2)sc1C(=O)NCCCCC(=O)O. The maximum absolute atomic E-state index is 13.2. The van der Waals surface area contributed by atoms with Crippen LogP contribution >= 0.6 is 11.3 Å². The fourth-order valence-electron chi connectivity index (χ4n) is 2.27. The number of nitrogens with one attached hydrogen (secondary N) is 2. The fraction of sp³-hybridized carbons (Fsp3) is 0.278. The van der Waals surface area contributed by atoms with Crippen LogP contribution in [0.25, 0.3) is 0 Å². The van der Waals surface area contributed by atoms with Gasteiger partial charge in [0.1, 0.15) is 5.82 Å². The van der Waals surface area contributed by atoms with Crippen LogP contribution in [0.4, 0.5) is 9.39 Å². The number of aryl methyl sites for hydroxylation is 1. The number of carboxylic acid groups (broad SMARTS) is 1. The number of carbonyl (C=O) groups excluding carboxylic acids is 2. The number of rotatable bonds is 8. The molecule has 0 aliphatic rings. The first-order chi connectivity index (χ1) is 12.4. The lowest BCUT2D eigenvalue weighted by atomic mass is 10.2. The molecule has 0 spiro atoms. The number of aliphatic carboxylic acids is 1. The maximum atomic E-state index is 13.2. The minimum absolute atomic E-state index is 0.0736. The zero-order chi connectivity index (χ0) is 19.1. The number of carboxylic acids is 1. The van der Waals surface area contributed by atoms with E-state index in [1.807, 2.05) is 0 Å². The van der Waals surface area contributed by atoms with E-state index in [0.29, 0.717) is 34.8 Å². The molecule has 0 fully saturated rings. The monoisotopic (exact) mass is 378 g/mol. The molecule has 0 radical (unpaired) electrons. The quantitative estimate of drug-likeness (QED) is 0.613. The predicted molar refractivity (Wildman–Crippen MR) is 97.2 cm³/mol. The van der Waals surface area contributed by atoms with Gasteiger partial charge in [-0.15, -0.1) is 11.3 Å². The summed E-state index contributed by atoms with van der Waals surface area (Å²) >= 11 is 1.13. The third kappa shape index (κ3) is 5.66. The van der Waals surface area contributed by atoms with Gasteiger partial charge < -0.3 is 15.7 Å². The van der Waals surface area contributed by atoms with Crippen LogP contribution in [0, 0.1) is 12.7 Å². The number of hydrogen-bond acceptors (Lipinski definition) is 4. The van der Waals surface area contributed by atoms with E-state index >= 15 is 0 Å². The number of benzene rings is 1. The summed E-state index contributed by atoms with van der Waals surface area (Å²) in [7, 11) is 0. The molecule has 138 valence electrons. The highest BCUT2D eigenvalue weighted by atomic mass is 32.1. The van der Waals surface area contributed by atoms with Gasteiger partial charge in [-0.3, -0.25) is 14.4 Å². The Bertz CT molecular complexity index is 819. The second-order valence-electron chi connectivity index (χ2n) is 5.69. The van der Waals surface area contributed by atoms with Gasteiger partial charge in [0.25, 0.3) is 11.8 Å². The van der Waals surface area contributed by atoms with Crippen molar-refractivity contribution in [2.45, 2.75) is 26.2 Å². The van der Waals surface area contributed by atoms with Gasteiger partial charge in [-0.25, -0.2) is 4.39 Å². The molecule has 1 heterocycles. The summed E-state index contributed by atoms with van der Waals surface area (Å²) in [4.78, 5) is 35.2. The van der Waals surface area contributed by atoms with E-state index in [9.17, 15) is 18.8 Å². The lowest BCUT2D eigenvalue weighted by Crippen LogP contribution is -2.24. The zero-order valence-electron chi connectivity index (χ0n) is 14.2. The summed E-state index contributed by atoms with van der Waals surface area (Å²) in [6, 6.07) is 7.03. The molecule has 26 heavy (non-hydrogen) atoms. The summed E-state index contributed by atoms with van der Waals surface area (Å²) in [5, 5.41) is 14.5. The maximum Gasteiger partial charge on any atom is 0.303 e. The molecule has 2 aromatic rings. The molecule has 0 atom stereocenters. The number of amides is 2. The Kier molecular flexibility index (Phi) is 6.85. The van der Waals surface area contributed by atoms with Crippen molar-refractivity contribution in [3.8, 4) is 0 Å². The van der Waals surface area contributed by atoms with Gasteiger partial charge in [0.05, 0.1) is 9.88 Å². The van der Waals surface area contributed by atoms with E-state index in [1.165, 1.54) is 18.2 Å². The highest BCUT2D eigenvalue weighted by molar-refractivity contribution is 7.18. The summed E-state index contributed by atoms with van der Waals surface area (Å²) in [6.45, 7) is 2.14. The normalized spacial score (nSPS) is 10.4. The minimum atomic E-state index is -0.857.